The largest absolute Gasteiger partial charge is 0.465 e. The van der Waals surface area contributed by atoms with Crippen molar-refractivity contribution in [1.29, 1.82) is 5.26 Å². The number of anilines is 1. The van der Waals surface area contributed by atoms with E-state index in [1.54, 1.807) is 6.07 Å². The van der Waals surface area contributed by atoms with E-state index in [0.717, 1.165) is 35.3 Å². The first-order valence-electron chi connectivity index (χ1n) is 11.5. The Hall–Kier alpha value is -4.26. The van der Waals surface area contributed by atoms with E-state index in [9.17, 15) is 14.9 Å². The lowest BCUT2D eigenvalue weighted by atomic mass is 10.1. The number of benzene rings is 1. The number of carbonyl (C=O) groups is 2. The van der Waals surface area contributed by atoms with Crippen LogP contribution in [0.3, 0.4) is 0 Å². The van der Waals surface area contributed by atoms with Gasteiger partial charge in [0.1, 0.15) is 28.9 Å². The maximum Gasteiger partial charge on any atom is 0.247 e. The molecule has 4 rings (SSSR count). The summed E-state index contributed by atoms with van der Waals surface area (Å²) in [6.45, 7) is 4.39. The Labute approximate surface area is 203 Å². The lowest BCUT2D eigenvalue weighted by molar-refractivity contribution is -0.136. The van der Waals surface area contributed by atoms with Gasteiger partial charge < -0.3 is 24.4 Å². The molecule has 10 nitrogen and oxygen atoms in total. The summed E-state index contributed by atoms with van der Waals surface area (Å²) in [5, 5.41) is 18.5. The molecule has 0 spiro atoms. The fourth-order valence-electron chi connectivity index (χ4n) is 4.05. The summed E-state index contributed by atoms with van der Waals surface area (Å²) in [4.78, 5) is 31.7. The number of hydrogen-bond donors (Lipinski definition) is 3. The van der Waals surface area contributed by atoms with Gasteiger partial charge in [-0.2, -0.15) is 5.26 Å². The van der Waals surface area contributed by atoms with Crippen LogP contribution < -0.4 is 16.0 Å². The SMILES string of the molecule is Cc1ccc(CNC(=O)CN2CCCC[C@H](N=C(NC#N)Nc3ccc4oc(C)cc4c3)C2=O)o1. The normalized spacial score (nSPS) is 16.6. The first kappa shape index (κ1) is 23.9. The third kappa shape index (κ3) is 6.20. The predicted octanol–water partition coefficient (Wildman–Crippen LogP) is 3.18. The lowest BCUT2D eigenvalue weighted by Gasteiger charge is -2.22. The van der Waals surface area contributed by atoms with E-state index < -0.39 is 6.04 Å². The van der Waals surface area contributed by atoms with Gasteiger partial charge in [-0.1, -0.05) is 0 Å². The highest BCUT2D eigenvalue weighted by Gasteiger charge is 2.28. The van der Waals surface area contributed by atoms with E-state index in [2.05, 4.69) is 20.9 Å². The topological polar surface area (TPSA) is 136 Å². The summed E-state index contributed by atoms with van der Waals surface area (Å²) in [6.07, 6.45) is 3.95. The van der Waals surface area contributed by atoms with Crippen LogP contribution in [0.15, 0.2) is 50.2 Å². The molecule has 2 aromatic heterocycles. The molecule has 0 saturated carbocycles. The highest BCUT2D eigenvalue weighted by Crippen LogP contribution is 2.23. The van der Waals surface area contributed by atoms with Crippen molar-refractivity contribution in [1.82, 2.24) is 15.5 Å². The van der Waals surface area contributed by atoms with Crippen LogP contribution in [0.25, 0.3) is 11.0 Å². The molecule has 0 unspecified atom stereocenters. The number of hydrogen-bond acceptors (Lipinski definition) is 6. The van der Waals surface area contributed by atoms with Crippen molar-refractivity contribution in [2.24, 2.45) is 4.99 Å². The number of guanidine groups is 1. The van der Waals surface area contributed by atoms with Gasteiger partial charge in [0.2, 0.25) is 17.8 Å². The average molecular weight is 477 g/mol. The summed E-state index contributed by atoms with van der Waals surface area (Å²) in [7, 11) is 0. The maximum absolute atomic E-state index is 13.2. The fourth-order valence-corrected chi connectivity index (χ4v) is 4.05. The fraction of sp³-hybridized carbons (Fsp3) is 0.360. The Bertz CT molecular complexity index is 1280. The van der Waals surface area contributed by atoms with Gasteiger partial charge >= 0.3 is 0 Å². The second-order valence-corrected chi connectivity index (χ2v) is 8.51. The Kier molecular flexibility index (Phi) is 7.35. The third-order valence-corrected chi connectivity index (χ3v) is 5.70. The number of amides is 2. The molecular weight excluding hydrogens is 448 g/mol. The van der Waals surface area contributed by atoms with Crippen LogP contribution in [0.2, 0.25) is 0 Å². The summed E-state index contributed by atoms with van der Waals surface area (Å²) in [5.41, 5.74) is 1.46. The highest BCUT2D eigenvalue weighted by atomic mass is 16.3. The molecule has 3 N–H and O–H groups in total. The zero-order chi connectivity index (χ0) is 24.8. The predicted molar refractivity (Wildman–Crippen MR) is 130 cm³/mol. The standard InChI is InChI=1S/C25H28N6O4/c1-16-6-8-20(34-16)13-27-23(32)14-31-10-4-3-5-21(24(31)33)30-25(28-15-26)29-19-7-9-22-18(12-19)11-17(2)35-22/h6-9,11-12,21H,3-5,10,13-14H2,1-2H3,(H,27,32)(H2,28,29,30)/t21-/m0/s1. The van der Waals surface area contributed by atoms with E-state index in [4.69, 9.17) is 8.83 Å². The first-order valence-corrected chi connectivity index (χ1v) is 11.5. The Morgan fingerprint density at radius 2 is 2.03 bits per heavy atom. The van der Waals surface area contributed by atoms with Crippen LogP contribution in [0.5, 0.6) is 0 Å². The molecule has 10 heteroatoms. The number of nitrogens with one attached hydrogen (secondary N) is 3. The molecular formula is C25H28N6O4. The molecule has 3 aromatic rings. The zero-order valence-electron chi connectivity index (χ0n) is 19.8. The van der Waals surface area contributed by atoms with Crippen LogP contribution in [-0.2, 0) is 16.1 Å². The molecule has 1 aliphatic heterocycles. The van der Waals surface area contributed by atoms with Crippen LogP contribution in [0, 0.1) is 25.3 Å². The minimum absolute atomic E-state index is 0.0600. The van der Waals surface area contributed by atoms with Crippen molar-refractivity contribution in [3.05, 3.63) is 53.7 Å². The van der Waals surface area contributed by atoms with Crippen LogP contribution in [0.1, 0.15) is 36.5 Å². The molecule has 3 heterocycles. The van der Waals surface area contributed by atoms with Crippen LogP contribution in [0.4, 0.5) is 5.69 Å². The van der Waals surface area contributed by atoms with Crippen molar-refractivity contribution in [2.45, 2.75) is 45.7 Å². The van der Waals surface area contributed by atoms with Crippen molar-refractivity contribution in [3.63, 3.8) is 0 Å². The summed E-state index contributed by atoms with van der Waals surface area (Å²) in [6, 6.07) is 10.4. The number of aliphatic imine (C=N–C) groups is 1. The van der Waals surface area contributed by atoms with Gasteiger partial charge in [-0.25, -0.2) is 4.99 Å². The Balaban J connectivity index is 1.43. The minimum atomic E-state index is -0.707. The molecule has 0 bridgehead atoms. The molecule has 0 aliphatic carbocycles. The van der Waals surface area contributed by atoms with Gasteiger partial charge in [-0.3, -0.25) is 14.9 Å². The van der Waals surface area contributed by atoms with E-state index in [0.29, 0.717) is 24.4 Å². The van der Waals surface area contributed by atoms with E-state index in [1.807, 2.05) is 50.4 Å². The quantitative estimate of drug-likeness (QED) is 0.215. The monoisotopic (exact) mass is 476 g/mol. The van der Waals surface area contributed by atoms with E-state index >= 15 is 0 Å². The molecule has 1 atom stereocenters. The summed E-state index contributed by atoms with van der Waals surface area (Å²) in [5.74, 6) is 1.88. The molecule has 1 fully saturated rings. The van der Waals surface area contributed by atoms with Gasteiger partial charge in [0, 0.05) is 17.6 Å². The van der Waals surface area contributed by atoms with Crippen molar-refractivity contribution < 1.29 is 18.4 Å². The number of nitriles is 1. The number of nitrogens with zero attached hydrogens (tertiary/aromatic N) is 3. The van der Waals surface area contributed by atoms with Gasteiger partial charge in [-0.05, 0) is 69.5 Å². The van der Waals surface area contributed by atoms with Crippen molar-refractivity contribution in [3.8, 4) is 6.19 Å². The molecule has 1 aromatic carbocycles. The average Bonchev–Trinajstić information content (AvgIpc) is 3.37. The molecule has 2 amide bonds. The molecule has 1 aliphatic rings. The number of carbonyl (C=O) groups excluding carboxylic acids is 2. The number of fused-ring (bicyclic) bond motifs is 1. The molecule has 1 saturated heterocycles. The second-order valence-electron chi connectivity index (χ2n) is 8.51. The number of rotatable bonds is 6. The summed E-state index contributed by atoms with van der Waals surface area (Å²) < 4.78 is 11.1. The first-order chi connectivity index (χ1) is 16.9. The van der Waals surface area contributed by atoms with Gasteiger partial charge in [0.15, 0.2) is 6.19 Å². The number of furan rings is 2. The number of aryl methyl sites for hydroxylation is 2. The Morgan fingerprint density at radius 1 is 1.17 bits per heavy atom. The van der Waals surface area contributed by atoms with Crippen molar-refractivity contribution in [2.75, 3.05) is 18.4 Å². The minimum Gasteiger partial charge on any atom is -0.465 e. The van der Waals surface area contributed by atoms with E-state index in [1.165, 1.54) is 4.90 Å². The van der Waals surface area contributed by atoms with Gasteiger partial charge in [0.05, 0.1) is 13.1 Å². The maximum atomic E-state index is 13.2. The van der Waals surface area contributed by atoms with Crippen LogP contribution >= 0.6 is 0 Å². The van der Waals surface area contributed by atoms with Gasteiger partial charge in [0.25, 0.3) is 0 Å². The lowest BCUT2D eigenvalue weighted by Crippen LogP contribution is -2.44. The third-order valence-electron chi connectivity index (χ3n) is 5.70. The molecule has 0 radical (unpaired) electrons. The van der Waals surface area contributed by atoms with Crippen LogP contribution in [-0.4, -0.2) is 41.8 Å². The second kappa shape index (κ2) is 10.8. The van der Waals surface area contributed by atoms with Crippen molar-refractivity contribution >= 4 is 34.4 Å². The van der Waals surface area contributed by atoms with E-state index in [-0.39, 0.29) is 30.9 Å². The van der Waals surface area contributed by atoms with Gasteiger partial charge in [-0.15, -0.1) is 0 Å². The zero-order valence-corrected chi connectivity index (χ0v) is 19.8. The smallest absolute Gasteiger partial charge is 0.247 e. The highest BCUT2D eigenvalue weighted by molar-refractivity contribution is 5.98. The summed E-state index contributed by atoms with van der Waals surface area (Å²) >= 11 is 0. The molecule has 182 valence electrons. The molecule has 35 heavy (non-hydrogen) atoms. The number of likely N-dealkylation sites (tertiary alicyclic amines) is 1. The Morgan fingerprint density at radius 3 is 2.80 bits per heavy atom.